The highest BCUT2D eigenvalue weighted by atomic mass is 16.2. The molecule has 0 aliphatic carbocycles. The number of fused-ring (bicyclic) bond motifs is 2. The van der Waals surface area contributed by atoms with E-state index in [1.807, 2.05) is 35.5 Å². The molecule has 1 amide bonds. The summed E-state index contributed by atoms with van der Waals surface area (Å²) in [5.74, 6) is 1.13. The molecule has 4 aromatic rings. The number of carbonyl (C=O) groups excluding carboxylic acids is 1. The van der Waals surface area contributed by atoms with Crippen LogP contribution in [0, 0.1) is 0 Å². The van der Waals surface area contributed by atoms with Crippen LogP contribution in [0.5, 0.6) is 0 Å². The number of aromatic nitrogens is 2. The first-order chi connectivity index (χ1) is 16.8. The molecule has 0 spiro atoms. The van der Waals surface area contributed by atoms with E-state index in [1.54, 1.807) is 0 Å². The molecule has 0 saturated carbocycles. The zero-order valence-corrected chi connectivity index (χ0v) is 19.2. The zero-order valence-electron chi connectivity index (χ0n) is 19.2. The summed E-state index contributed by atoms with van der Waals surface area (Å²) >= 11 is 0. The van der Waals surface area contributed by atoms with Crippen LogP contribution in [-0.4, -0.2) is 59.5 Å². The molecule has 172 valence electrons. The van der Waals surface area contributed by atoms with Crippen molar-refractivity contribution in [3.63, 3.8) is 0 Å². The largest absolute Gasteiger partial charge is 0.357 e. The smallest absolute Gasteiger partial charge is 0.274 e. The fourth-order valence-electron chi connectivity index (χ4n) is 5.44. The van der Waals surface area contributed by atoms with Gasteiger partial charge in [-0.2, -0.15) is 0 Å². The minimum atomic E-state index is 0.0562. The third-order valence-corrected chi connectivity index (χ3v) is 7.20. The van der Waals surface area contributed by atoms with Gasteiger partial charge in [0, 0.05) is 56.2 Å². The van der Waals surface area contributed by atoms with Crippen molar-refractivity contribution in [2.75, 3.05) is 42.5 Å². The van der Waals surface area contributed by atoms with Crippen LogP contribution in [0.15, 0.2) is 79.1 Å². The average Bonchev–Trinajstić information content (AvgIpc) is 3.44. The summed E-state index contributed by atoms with van der Waals surface area (Å²) in [6, 6.07) is 22.8. The monoisotopic (exact) mass is 451 g/mol. The van der Waals surface area contributed by atoms with Gasteiger partial charge < -0.3 is 14.8 Å². The van der Waals surface area contributed by atoms with Crippen LogP contribution in [0.3, 0.4) is 0 Å². The lowest BCUT2D eigenvalue weighted by Gasteiger charge is -2.42. The Labute approximate surface area is 199 Å². The van der Waals surface area contributed by atoms with E-state index < -0.39 is 0 Å². The van der Waals surface area contributed by atoms with Gasteiger partial charge in [0.1, 0.15) is 11.5 Å². The van der Waals surface area contributed by atoms with Crippen molar-refractivity contribution in [1.29, 1.82) is 0 Å². The summed E-state index contributed by atoms with van der Waals surface area (Å²) in [5.41, 5.74) is 2.95. The number of nitrogens with zero attached hydrogens (tertiary/aromatic N) is 4. The zero-order chi connectivity index (χ0) is 22.9. The second kappa shape index (κ2) is 8.95. The van der Waals surface area contributed by atoms with Crippen molar-refractivity contribution in [3.05, 3.63) is 90.4 Å². The molecule has 2 aromatic carbocycles. The molecule has 1 fully saturated rings. The van der Waals surface area contributed by atoms with Crippen molar-refractivity contribution in [2.45, 2.75) is 18.9 Å². The Balaban J connectivity index is 1.19. The number of piperazine rings is 1. The first-order valence-electron chi connectivity index (χ1n) is 12.1. The molecule has 6 heteroatoms. The SMILES string of the molecule is O=C(c1ccc[nH]1)N1c2ccccc2CCC1CN1CCN(c2nccc3ccccc23)CC1. The maximum absolute atomic E-state index is 13.5. The van der Waals surface area contributed by atoms with Crippen LogP contribution in [0.4, 0.5) is 11.5 Å². The van der Waals surface area contributed by atoms with Crippen LogP contribution in [0.25, 0.3) is 10.8 Å². The fraction of sp³-hybridized carbons (Fsp3) is 0.286. The molecule has 6 rings (SSSR count). The topological polar surface area (TPSA) is 55.5 Å². The van der Waals surface area contributed by atoms with Gasteiger partial charge in [-0.25, -0.2) is 4.98 Å². The fourth-order valence-corrected chi connectivity index (χ4v) is 5.44. The lowest BCUT2D eigenvalue weighted by molar-refractivity contribution is 0.0958. The Hall–Kier alpha value is -3.64. The van der Waals surface area contributed by atoms with E-state index in [4.69, 9.17) is 4.98 Å². The summed E-state index contributed by atoms with van der Waals surface area (Å²) in [5, 5.41) is 2.44. The summed E-state index contributed by atoms with van der Waals surface area (Å²) < 4.78 is 0. The molecule has 1 atom stereocenters. The van der Waals surface area contributed by atoms with Gasteiger partial charge in [-0.3, -0.25) is 9.69 Å². The van der Waals surface area contributed by atoms with Gasteiger partial charge in [0.15, 0.2) is 0 Å². The van der Waals surface area contributed by atoms with Gasteiger partial charge in [-0.15, -0.1) is 0 Å². The normalized spacial score (nSPS) is 18.8. The van der Waals surface area contributed by atoms with E-state index in [0.29, 0.717) is 5.69 Å². The number of aryl methyl sites for hydroxylation is 1. The third-order valence-electron chi connectivity index (χ3n) is 7.20. The van der Waals surface area contributed by atoms with E-state index >= 15 is 0 Å². The van der Waals surface area contributed by atoms with Gasteiger partial charge >= 0.3 is 0 Å². The summed E-state index contributed by atoms with van der Waals surface area (Å²) in [6.07, 6.45) is 5.72. The Morgan fingerprint density at radius 2 is 1.76 bits per heavy atom. The van der Waals surface area contributed by atoms with Gasteiger partial charge in [0.05, 0.1) is 6.04 Å². The van der Waals surface area contributed by atoms with E-state index in [-0.39, 0.29) is 11.9 Å². The van der Waals surface area contributed by atoms with Crippen LogP contribution in [-0.2, 0) is 6.42 Å². The lowest BCUT2D eigenvalue weighted by atomic mass is 9.94. The second-order valence-electron chi connectivity index (χ2n) is 9.22. The molecule has 0 bridgehead atoms. The van der Waals surface area contributed by atoms with E-state index in [9.17, 15) is 4.79 Å². The maximum Gasteiger partial charge on any atom is 0.274 e. The number of H-pyrrole nitrogens is 1. The number of aromatic amines is 1. The van der Waals surface area contributed by atoms with Crippen molar-refractivity contribution in [1.82, 2.24) is 14.9 Å². The minimum Gasteiger partial charge on any atom is -0.357 e. The number of carbonyl (C=O) groups is 1. The molecule has 1 saturated heterocycles. The number of anilines is 2. The summed E-state index contributed by atoms with van der Waals surface area (Å²) in [7, 11) is 0. The van der Waals surface area contributed by atoms with Crippen LogP contribution in [0.2, 0.25) is 0 Å². The standard InChI is InChI=1S/C28H29N5O/c34-28(25-9-5-14-29-25)33-23(12-11-22-7-2-4-10-26(22)33)20-31-16-18-32(19-17-31)27-24-8-3-1-6-21(24)13-15-30-27/h1-10,13-15,23,29H,11-12,16-20H2. The van der Waals surface area contributed by atoms with Crippen LogP contribution >= 0.6 is 0 Å². The van der Waals surface area contributed by atoms with E-state index in [2.05, 4.69) is 63.3 Å². The molecule has 2 aliphatic rings. The van der Waals surface area contributed by atoms with Gasteiger partial charge in [-0.1, -0.05) is 42.5 Å². The quantitative estimate of drug-likeness (QED) is 0.501. The van der Waals surface area contributed by atoms with Gasteiger partial charge in [0.2, 0.25) is 0 Å². The Morgan fingerprint density at radius 3 is 2.62 bits per heavy atom. The summed E-state index contributed by atoms with van der Waals surface area (Å²) in [4.78, 5) is 28.3. The molecule has 1 N–H and O–H groups in total. The highest BCUT2D eigenvalue weighted by Gasteiger charge is 2.33. The molecule has 4 heterocycles. The predicted octanol–water partition coefficient (Wildman–Crippen LogP) is 4.35. The van der Waals surface area contributed by atoms with Crippen molar-refractivity contribution < 1.29 is 4.79 Å². The number of hydrogen-bond donors (Lipinski definition) is 1. The molecule has 2 aliphatic heterocycles. The number of para-hydroxylation sites is 1. The van der Waals surface area contributed by atoms with Crippen molar-refractivity contribution in [2.24, 2.45) is 0 Å². The number of rotatable bonds is 4. The maximum atomic E-state index is 13.5. The number of pyridine rings is 1. The van der Waals surface area contributed by atoms with Crippen LogP contribution in [0.1, 0.15) is 22.5 Å². The first kappa shape index (κ1) is 20.9. The number of benzene rings is 2. The van der Waals surface area contributed by atoms with E-state index in [1.165, 1.54) is 16.3 Å². The number of hydrogen-bond acceptors (Lipinski definition) is 4. The lowest BCUT2D eigenvalue weighted by Crippen LogP contribution is -2.54. The number of nitrogens with one attached hydrogen (secondary N) is 1. The average molecular weight is 452 g/mol. The third kappa shape index (κ3) is 3.84. The van der Waals surface area contributed by atoms with Gasteiger partial charge in [-0.05, 0) is 48.1 Å². The van der Waals surface area contributed by atoms with Crippen LogP contribution < -0.4 is 9.80 Å². The molecule has 34 heavy (non-hydrogen) atoms. The second-order valence-corrected chi connectivity index (χ2v) is 9.22. The summed E-state index contributed by atoms with van der Waals surface area (Å²) in [6.45, 7) is 4.70. The van der Waals surface area contributed by atoms with E-state index in [0.717, 1.165) is 57.1 Å². The highest BCUT2D eigenvalue weighted by Crippen LogP contribution is 2.32. The molecule has 2 aromatic heterocycles. The molecular formula is C28H29N5O. The number of amides is 1. The molecular weight excluding hydrogens is 422 g/mol. The minimum absolute atomic E-state index is 0.0562. The molecule has 1 unspecified atom stereocenters. The Kier molecular flexibility index (Phi) is 5.51. The Morgan fingerprint density at radius 1 is 0.941 bits per heavy atom. The van der Waals surface area contributed by atoms with Crippen molar-refractivity contribution >= 4 is 28.2 Å². The highest BCUT2D eigenvalue weighted by molar-refractivity contribution is 6.06. The molecule has 6 nitrogen and oxygen atoms in total. The van der Waals surface area contributed by atoms with Gasteiger partial charge in [0.25, 0.3) is 5.91 Å². The molecule has 0 radical (unpaired) electrons. The Bertz CT molecular complexity index is 1290. The predicted molar refractivity (Wildman–Crippen MR) is 137 cm³/mol. The van der Waals surface area contributed by atoms with Crippen molar-refractivity contribution in [3.8, 4) is 0 Å². The first-order valence-corrected chi connectivity index (χ1v) is 12.1.